The Labute approximate surface area is 150 Å². The Morgan fingerprint density at radius 1 is 1.25 bits per heavy atom. The van der Waals surface area contributed by atoms with Gasteiger partial charge in [-0.15, -0.1) is 12.4 Å². The SMILES string of the molecule is CC1(C(=O)O)CCCN1C(=O)CC(O)C(N)CC1CCCCC1.Cl. The molecule has 24 heavy (non-hydrogen) atoms. The van der Waals surface area contributed by atoms with Gasteiger partial charge in [-0.05, 0) is 32.1 Å². The summed E-state index contributed by atoms with van der Waals surface area (Å²) in [4.78, 5) is 25.3. The van der Waals surface area contributed by atoms with Gasteiger partial charge in [0.2, 0.25) is 5.91 Å². The predicted octanol–water partition coefficient (Wildman–Crippen LogP) is 1.92. The van der Waals surface area contributed by atoms with E-state index < -0.39 is 23.7 Å². The van der Waals surface area contributed by atoms with Crippen molar-refractivity contribution in [3.63, 3.8) is 0 Å². The van der Waals surface area contributed by atoms with Crippen LogP contribution in [0.4, 0.5) is 0 Å². The van der Waals surface area contributed by atoms with Crippen LogP contribution in [0.5, 0.6) is 0 Å². The molecule has 2 aliphatic rings. The van der Waals surface area contributed by atoms with Crippen molar-refractivity contribution in [3.8, 4) is 0 Å². The smallest absolute Gasteiger partial charge is 0.329 e. The number of aliphatic carboxylic acids is 1. The second-order valence-corrected chi connectivity index (χ2v) is 7.40. The number of nitrogens with two attached hydrogens (primary N) is 1. The molecular formula is C17H31ClN2O4. The Morgan fingerprint density at radius 3 is 2.46 bits per heavy atom. The van der Waals surface area contributed by atoms with Gasteiger partial charge in [0.15, 0.2) is 0 Å². The second-order valence-electron chi connectivity index (χ2n) is 7.40. The van der Waals surface area contributed by atoms with Crippen LogP contribution in [0.2, 0.25) is 0 Å². The Morgan fingerprint density at radius 2 is 1.88 bits per heavy atom. The molecule has 1 aliphatic carbocycles. The number of amides is 1. The van der Waals surface area contributed by atoms with Gasteiger partial charge in [-0.3, -0.25) is 4.79 Å². The van der Waals surface area contributed by atoms with Crippen molar-refractivity contribution in [2.75, 3.05) is 6.54 Å². The summed E-state index contributed by atoms with van der Waals surface area (Å²) < 4.78 is 0. The molecule has 140 valence electrons. The van der Waals surface area contributed by atoms with E-state index in [4.69, 9.17) is 5.73 Å². The minimum Gasteiger partial charge on any atom is -0.480 e. The van der Waals surface area contributed by atoms with Crippen LogP contribution in [-0.4, -0.2) is 51.2 Å². The van der Waals surface area contributed by atoms with Gasteiger partial charge in [0, 0.05) is 12.6 Å². The molecule has 0 bridgehead atoms. The summed E-state index contributed by atoms with van der Waals surface area (Å²) in [6.07, 6.45) is 6.90. The van der Waals surface area contributed by atoms with E-state index in [2.05, 4.69) is 0 Å². The number of nitrogens with zero attached hydrogens (tertiary/aromatic N) is 1. The fraction of sp³-hybridized carbons (Fsp3) is 0.882. The normalized spacial score (nSPS) is 27.4. The molecule has 3 atom stereocenters. The Kier molecular flexibility index (Phi) is 7.96. The van der Waals surface area contributed by atoms with Crippen LogP contribution >= 0.6 is 12.4 Å². The van der Waals surface area contributed by atoms with Crippen LogP contribution < -0.4 is 5.73 Å². The van der Waals surface area contributed by atoms with Gasteiger partial charge < -0.3 is 20.8 Å². The number of carbonyl (C=O) groups is 2. The lowest BCUT2D eigenvalue weighted by Crippen LogP contribution is -2.52. The van der Waals surface area contributed by atoms with Gasteiger partial charge in [0.05, 0.1) is 12.5 Å². The fourth-order valence-electron chi connectivity index (χ4n) is 3.99. The first-order valence-electron chi connectivity index (χ1n) is 8.82. The van der Waals surface area contributed by atoms with E-state index in [1.54, 1.807) is 6.92 Å². The lowest BCUT2D eigenvalue weighted by molar-refractivity contribution is -0.156. The maximum atomic E-state index is 12.4. The molecule has 0 aromatic rings. The van der Waals surface area contributed by atoms with Crippen molar-refractivity contribution in [1.82, 2.24) is 4.90 Å². The molecule has 4 N–H and O–H groups in total. The van der Waals surface area contributed by atoms with E-state index in [1.807, 2.05) is 0 Å². The summed E-state index contributed by atoms with van der Waals surface area (Å²) >= 11 is 0. The number of aliphatic hydroxyl groups excluding tert-OH is 1. The van der Waals surface area contributed by atoms with Crippen LogP contribution in [0.15, 0.2) is 0 Å². The molecule has 2 rings (SSSR count). The summed E-state index contributed by atoms with van der Waals surface area (Å²) in [5.74, 6) is -0.747. The van der Waals surface area contributed by atoms with Crippen LogP contribution in [0.25, 0.3) is 0 Å². The summed E-state index contributed by atoms with van der Waals surface area (Å²) in [5.41, 5.74) is 4.94. The largest absolute Gasteiger partial charge is 0.480 e. The first-order valence-corrected chi connectivity index (χ1v) is 8.82. The molecule has 0 aromatic heterocycles. The number of carboxylic acid groups (broad SMARTS) is 1. The van der Waals surface area contributed by atoms with E-state index in [9.17, 15) is 19.8 Å². The molecule has 0 spiro atoms. The molecule has 1 saturated heterocycles. The zero-order valence-corrected chi connectivity index (χ0v) is 15.3. The van der Waals surface area contributed by atoms with E-state index >= 15 is 0 Å². The third-order valence-electron chi connectivity index (χ3n) is 5.61. The highest BCUT2D eigenvalue weighted by molar-refractivity contribution is 5.87. The van der Waals surface area contributed by atoms with Gasteiger partial charge in [-0.1, -0.05) is 32.1 Å². The molecule has 0 aromatic carbocycles. The quantitative estimate of drug-likeness (QED) is 0.669. The number of carbonyl (C=O) groups excluding carboxylic acids is 1. The molecule has 1 saturated carbocycles. The molecule has 1 aliphatic heterocycles. The molecule has 1 heterocycles. The summed E-state index contributed by atoms with van der Waals surface area (Å²) in [6.45, 7) is 2.01. The molecule has 0 radical (unpaired) electrons. The average molecular weight is 363 g/mol. The topological polar surface area (TPSA) is 104 Å². The number of carboxylic acids is 1. The van der Waals surface area contributed by atoms with Crippen LogP contribution in [0.1, 0.15) is 64.7 Å². The van der Waals surface area contributed by atoms with Crippen LogP contribution in [-0.2, 0) is 9.59 Å². The monoisotopic (exact) mass is 362 g/mol. The third kappa shape index (κ3) is 4.83. The number of hydrogen-bond acceptors (Lipinski definition) is 4. The summed E-state index contributed by atoms with van der Waals surface area (Å²) in [6, 6.07) is -0.416. The minimum atomic E-state index is -1.15. The maximum absolute atomic E-state index is 12.4. The first kappa shape index (κ1) is 21.2. The minimum absolute atomic E-state index is 0. The highest BCUT2D eigenvalue weighted by atomic mass is 35.5. The lowest BCUT2D eigenvalue weighted by atomic mass is 9.83. The van der Waals surface area contributed by atoms with Crippen LogP contribution in [0.3, 0.4) is 0 Å². The summed E-state index contributed by atoms with van der Waals surface area (Å²) in [7, 11) is 0. The standard InChI is InChI=1S/C17H30N2O4.ClH/c1-17(16(22)23)8-5-9-19(17)15(21)11-14(20)13(18)10-12-6-3-2-4-7-12;/h12-14,20H,2-11,18H2,1H3,(H,22,23);1H. The van der Waals surface area contributed by atoms with Crippen molar-refractivity contribution in [3.05, 3.63) is 0 Å². The fourth-order valence-corrected chi connectivity index (χ4v) is 3.99. The van der Waals surface area contributed by atoms with E-state index in [1.165, 1.54) is 24.2 Å². The Balaban J connectivity index is 0.00000288. The van der Waals surface area contributed by atoms with Gasteiger partial charge in [0.1, 0.15) is 5.54 Å². The Bertz CT molecular complexity index is 442. The van der Waals surface area contributed by atoms with E-state index in [0.29, 0.717) is 25.3 Å². The highest BCUT2D eigenvalue weighted by Crippen LogP contribution is 2.31. The molecule has 3 unspecified atom stereocenters. The van der Waals surface area contributed by atoms with Crippen molar-refractivity contribution in [2.45, 2.75) is 82.4 Å². The van der Waals surface area contributed by atoms with Crippen molar-refractivity contribution < 1.29 is 19.8 Å². The number of rotatable bonds is 6. The highest BCUT2D eigenvalue weighted by Gasteiger charge is 2.46. The van der Waals surface area contributed by atoms with E-state index in [-0.39, 0.29) is 24.7 Å². The molecule has 2 fully saturated rings. The van der Waals surface area contributed by atoms with Gasteiger partial charge in [0.25, 0.3) is 0 Å². The van der Waals surface area contributed by atoms with Gasteiger partial charge >= 0.3 is 5.97 Å². The summed E-state index contributed by atoms with van der Waals surface area (Å²) in [5, 5.41) is 19.6. The zero-order chi connectivity index (χ0) is 17.0. The molecule has 6 nitrogen and oxygen atoms in total. The Hall–Kier alpha value is -0.850. The van der Waals surface area contributed by atoms with Crippen molar-refractivity contribution >= 4 is 24.3 Å². The lowest BCUT2D eigenvalue weighted by Gasteiger charge is -2.33. The van der Waals surface area contributed by atoms with Gasteiger partial charge in [-0.25, -0.2) is 4.79 Å². The molecule has 7 heteroatoms. The van der Waals surface area contributed by atoms with Crippen molar-refractivity contribution in [1.29, 1.82) is 0 Å². The van der Waals surface area contributed by atoms with E-state index in [0.717, 1.165) is 19.3 Å². The molecular weight excluding hydrogens is 332 g/mol. The number of halogens is 1. The number of hydrogen-bond donors (Lipinski definition) is 3. The number of likely N-dealkylation sites (tertiary alicyclic amines) is 1. The predicted molar refractivity (Wildman–Crippen MR) is 94.0 cm³/mol. The third-order valence-corrected chi connectivity index (χ3v) is 5.61. The number of aliphatic hydroxyl groups is 1. The van der Waals surface area contributed by atoms with Crippen LogP contribution in [0, 0.1) is 5.92 Å². The average Bonchev–Trinajstić information content (AvgIpc) is 2.91. The van der Waals surface area contributed by atoms with Gasteiger partial charge in [-0.2, -0.15) is 0 Å². The molecule has 1 amide bonds. The second kappa shape index (κ2) is 9.02. The van der Waals surface area contributed by atoms with Crippen molar-refractivity contribution in [2.24, 2.45) is 11.7 Å². The zero-order valence-electron chi connectivity index (χ0n) is 14.4. The first-order chi connectivity index (χ1) is 10.8. The maximum Gasteiger partial charge on any atom is 0.329 e.